The van der Waals surface area contributed by atoms with Crippen LogP contribution in [-0.4, -0.2) is 28.0 Å². The number of thiazole rings is 1. The Balaban J connectivity index is 1.92. The molecule has 1 heterocycles. The fraction of sp³-hybridized carbons (Fsp3) is 0.714. The molecule has 1 fully saturated rings. The van der Waals surface area contributed by atoms with Crippen LogP contribution in [-0.2, 0) is 6.54 Å². The Bertz CT molecular complexity index is 440. The van der Waals surface area contributed by atoms with Crippen LogP contribution >= 0.6 is 11.3 Å². The van der Waals surface area contributed by atoms with Gasteiger partial charge in [-0.15, -0.1) is 11.3 Å². The highest BCUT2D eigenvalue weighted by Crippen LogP contribution is 2.30. The van der Waals surface area contributed by atoms with E-state index in [0.29, 0.717) is 18.5 Å². The zero-order valence-corrected chi connectivity index (χ0v) is 13.0. The van der Waals surface area contributed by atoms with E-state index in [4.69, 9.17) is 0 Å². The highest BCUT2D eigenvalue weighted by Gasteiger charge is 2.36. The minimum Gasteiger partial charge on any atom is -0.333 e. The first-order valence-corrected chi connectivity index (χ1v) is 7.78. The Morgan fingerprint density at radius 2 is 2.21 bits per heavy atom. The number of carbonyl (C=O) groups is 1. The van der Waals surface area contributed by atoms with Gasteiger partial charge in [0, 0.05) is 23.2 Å². The van der Waals surface area contributed by atoms with Crippen LogP contribution < -0.4 is 5.32 Å². The molecular formula is C14H23N3OS. The highest BCUT2D eigenvalue weighted by molar-refractivity contribution is 7.11. The number of carbonyl (C=O) groups excluding carboxylic acids is 1. The molecule has 0 unspecified atom stereocenters. The monoisotopic (exact) mass is 281 g/mol. The van der Waals surface area contributed by atoms with Gasteiger partial charge >= 0.3 is 6.03 Å². The van der Waals surface area contributed by atoms with E-state index in [-0.39, 0.29) is 12.1 Å². The molecule has 0 aliphatic heterocycles. The molecule has 1 aromatic heterocycles. The number of aryl methyl sites for hydroxylation is 1. The molecule has 4 nitrogen and oxygen atoms in total. The Morgan fingerprint density at radius 3 is 2.68 bits per heavy atom. The molecule has 1 saturated carbocycles. The average Bonchev–Trinajstić information content (AvgIpc) is 3.09. The zero-order chi connectivity index (χ0) is 14.0. The van der Waals surface area contributed by atoms with Gasteiger partial charge in [-0.25, -0.2) is 9.78 Å². The van der Waals surface area contributed by atoms with Gasteiger partial charge in [-0.2, -0.15) is 0 Å². The summed E-state index contributed by atoms with van der Waals surface area (Å²) < 4.78 is 0. The van der Waals surface area contributed by atoms with Crippen LogP contribution in [0.4, 0.5) is 4.79 Å². The van der Waals surface area contributed by atoms with Crippen molar-refractivity contribution in [2.75, 3.05) is 0 Å². The van der Waals surface area contributed by atoms with Crippen molar-refractivity contribution in [1.82, 2.24) is 15.2 Å². The van der Waals surface area contributed by atoms with E-state index in [1.807, 2.05) is 18.0 Å². The number of urea groups is 1. The molecule has 19 heavy (non-hydrogen) atoms. The lowest BCUT2D eigenvalue weighted by Gasteiger charge is -2.32. The molecule has 0 bridgehead atoms. The van der Waals surface area contributed by atoms with Crippen molar-refractivity contribution in [2.24, 2.45) is 5.92 Å². The molecule has 0 radical (unpaired) electrons. The quantitative estimate of drug-likeness (QED) is 0.901. The molecule has 1 aliphatic rings. The normalized spacial score (nSPS) is 16.5. The van der Waals surface area contributed by atoms with Gasteiger partial charge in [0.15, 0.2) is 0 Å². The molecule has 5 heteroatoms. The number of hydrogen-bond acceptors (Lipinski definition) is 3. The van der Waals surface area contributed by atoms with Crippen molar-refractivity contribution >= 4 is 17.4 Å². The van der Waals surface area contributed by atoms with Gasteiger partial charge in [-0.1, -0.05) is 13.8 Å². The summed E-state index contributed by atoms with van der Waals surface area (Å²) in [6, 6.07) is 0.797. The van der Waals surface area contributed by atoms with Gasteiger partial charge in [0.1, 0.15) is 0 Å². The number of rotatable bonds is 5. The van der Waals surface area contributed by atoms with Gasteiger partial charge in [0.25, 0.3) is 0 Å². The SMILES string of the molecule is Cc1ncc(CNC(=O)N(C2CC2)[C@H](C)C(C)C)s1. The molecule has 1 aromatic rings. The summed E-state index contributed by atoms with van der Waals surface area (Å²) in [4.78, 5) is 19.7. The second-order valence-electron chi connectivity index (χ2n) is 5.63. The Labute approximate surface area is 119 Å². The average molecular weight is 281 g/mol. The summed E-state index contributed by atoms with van der Waals surface area (Å²) in [5.74, 6) is 0.483. The standard InChI is InChI=1S/C14H23N3OS/c1-9(2)10(3)17(12-5-6-12)14(18)16-8-13-7-15-11(4)19-13/h7,9-10,12H,5-6,8H2,1-4H3,(H,16,18)/t10-/m1/s1. The first-order valence-electron chi connectivity index (χ1n) is 6.96. The third-order valence-electron chi connectivity index (χ3n) is 3.66. The third kappa shape index (κ3) is 3.69. The second kappa shape index (κ2) is 5.90. The molecule has 0 saturated heterocycles. The topological polar surface area (TPSA) is 45.2 Å². The highest BCUT2D eigenvalue weighted by atomic mass is 32.1. The summed E-state index contributed by atoms with van der Waals surface area (Å²) in [5.41, 5.74) is 0. The minimum absolute atomic E-state index is 0.0646. The van der Waals surface area contributed by atoms with E-state index < -0.39 is 0 Å². The number of hydrogen-bond donors (Lipinski definition) is 1. The van der Waals surface area contributed by atoms with Crippen molar-refractivity contribution in [3.8, 4) is 0 Å². The Morgan fingerprint density at radius 1 is 1.53 bits per heavy atom. The summed E-state index contributed by atoms with van der Waals surface area (Å²) in [7, 11) is 0. The van der Waals surface area contributed by atoms with Crippen LogP contribution in [0.5, 0.6) is 0 Å². The van der Waals surface area contributed by atoms with Gasteiger partial charge in [-0.3, -0.25) is 0 Å². The predicted molar refractivity (Wildman–Crippen MR) is 78.2 cm³/mol. The lowest BCUT2D eigenvalue weighted by atomic mass is 10.0. The largest absolute Gasteiger partial charge is 0.333 e. The van der Waals surface area contributed by atoms with E-state index >= 15 is 0 Å². The van der Waals surface area contributed by atoms with E-state index in [1.54, 1.807) is 11.3 Å². The number of amides is 2. The van der Waals surface area contributed by atoms with Gasteiger partial charge < -0.3 is 10.2 Å². The molecule has 1 N–H and O–H groups in total. The van der Waals surface area contributed by atoms with Crippen molar-refractivity contribution in [1.29, 1.82) is 0 Å². The predicted octanol–water partition coefficient (Wildman–Crippen LogP) is 3.17. The summed E-state index contributed by atoms with van der Waals surface area (Å²) in [5, 5.41) is 4.07. The fourth-order valence-electron chi connectivity index (χ4n) is 2.10. The molecule has 0 spiro atoms. The first-order chi connectivity index (χ1) is 8.99. The smallest absolute Gasteiger partial charge is 0.318 e. The van der Waals surface area contributed by atoms with Crippen molar-refractivity contribution < 1.29 is 4.79 Å². The van der Waals surface area contributed by atoms with E-state index in [1.165, 1.54) is 0 Å². The molecule has 0 aromatic carbocycles. The zero-order valence-electron chi connectivity index (χ0n) is 12.1. The van der Waals surface area contributed by atoms with Crippen molar-refractivity contribution in [3.05, 3.63) is 16.1 Å². The first kappa shape index (κ1) is 14.3. The maximum atomic E-state index is 12.3. The Hall–Kier alpha value is -1.10. The summed E-state index contributed by atoms with van der Waals surface area (Å²) >= 11 is 1.64. The van der Waals surface area contributed by atoms with Crippen LogP contribution in [0.25, 0.3) is 0 Å². The van der Waals surface area contributed by atoms with E-state index in [2.05, 4.69) is 31.1 Å². The number of nitrogens with one attached hydrogen (secondary N) is 1. The van der Waals surface area contributed by atoms with Crippen LogP contribution in [0.2, 0.25) is 0 Å². The molecule has 1 aliphatic carbocycles. The van der Waals surface area contributed by atoms with Crippen LogP contribution in [0.15, 0.2) is 6.20 Å². The van der Waals surface area contributed by atoms with Crippen LogP contribution in [0, 0.1) is 12.8 Å². The molecule has 1 atom stereocenters. The second-order valence-corrected chi connectivity index (χ2v) is 6.95. The van der Waals surface area contributed by atoms with E-state index in [0.717, 1.165) is 22.7 Å². The lowest BCUT2D eigenvalue weighted by Crippen LogP contribution is -2.48. The van der Waals surface area contributed by atoms with Gasteiger partial charge in [-0.05, 0) is 32.6 Å². The third-order valence-corrected chi connectivity index (χ3v) is 4.57. The van der Waals surface area contributed by atoms with Gasteiger partial charge in [0.2, 0.25) is 0 Å². The molecule has 2 rings (SSSR count). The van der Waals surface area contributed by atoms with Crippen molar-refractivity contribution in [3.63, 3.8) is 0 Å². The molecule has 106 valence electrons. The summed E-state index contributed by atoms with van der Waals surface area (Å²) in [6.07, 6.45) is 4.13. The van der Waals surface area contributed by atoms with Crippen molar-refractivity contribution in [2.45, 2.75) is 59.2 Å². The maximum Gasteiger partial charge on any atom is 0.318 e. The van der Waals surface area contributed by atoms with Crippen LogP contribution in [0.3, 0.4) is 0 Å². The number of nitrogens with zero attached hydrogens (tertiary/aromatic N) is 2. The fourth-order valence-corrected chi connectivity index (χ4v) is 2.83. The Kier molecular flexibility index (Phi) is 4.45. The lowest BCUT2D eigenvalue weighted by molar-refractivity contribution is 0.157. The van der Waals surface area contributed by atoms with Gasteiger partial charge in [0.05, 0.1) is 11.6 Å². The summed E-state index contributed by atoms with van der Waals surface area (Å²) in [6.45, 7) is 9.03. The minimum atomic E-state index is 0.0646. The molecular weight excluding hydrogens is 258 g/mol. The molecule has 2 amide bonds. The van der Waals surface area contributed by atoms with Crippen LogP contribution in [0.1, 0.15) is 43.5 Å². The van der Waals surface area contributed by atoms with E-state index in [9.17, 15) is 4.79 Å². The number of aromatic nitrogens is 1. The maximum absolute atomic E-state index is 12.3.